The van der Waals surface area contributed by atoms with E-state index in [1.54, 1.807) is 18.2 Å². The fraction of sp³-hybridized carbons (Fsp3) is 0.120. The predicted molar refractivity (Wildman–Crippen MR) is 123 cm³/mol. The summed E-state index contributed by atoms with van der Waals surface area (Å²) in [4.78, 5) is 17.9. The molecule has 0 fully saturated rings. The van der Waals surface area contributed by atoms with Crippen LogP contribution in [0.3, 0.4) is 0 Å². The zero-order chi connectivity index (χ0) is 20.9. The van der Waals surface area contributed by atoms with Crippen molar-refractivity contribution in [1.29, 1.82) is 0 Å². The minimum Gasteiger partial charge on any atom is -0.494 e. The lowest BCUT2D eigenvalue weighted by Crippen LogP contribution is -2.04. The van der Waals surface area contributed by atoms with E-state index in [4.69, 9.17) is 9.15 Å². The molecule has 0 radical (unpaired) electrons. The smallest absolute Gasteiger partial charge is 0.231 e. The van der Waals surface area contributed by atoms with Gasteiger partial charge < -0.3 is 9.15 Å². The summed E-state index contributed by atoms with van der Waals surface area (Å²) in [6.45, 7) is 2.70. The molecule has 0 aliphatic rings. The van der Waals surface area contributed by atoms with E-state index in [-0.39, 0.29) is 5.78 Å². The van der Waals surface area contributed by atoms with Crippen LogP contribution in [0.1, 0.15) is 35.2 Å². The molecule has 0 saturated carbocycles. The van der Waals surface area contributed by atoms with Crippen LogP contribution in [0.5, 0.6) is 5.75 Å². The van der Waals surface area contributed by atoms with Crippen molar-refractivity contribution in [3.05, 3.63) is 94.3 Å². The molecule has 0 unspecified atom stereocenters. The summed E-state index contributed by atoms with van der Waals surface area (Å²) >= 11 is 3.44. The van der Waals surface area contributed by atoms with E-state index >= 15 is 0 Å². The predicted octanol–water partition coefficient (Wildman–Crippen LogP) is 6.80. The van der Waals surface area contributed by atoms with Gasteiger partial charge in [-0.15, -0.1) is 0 Å². The molecule has 1 aromatic heterocycles. The summed E-state index contributed by atoms with van der Waals surface area (Å²) in [6.07, 6.45) is 2.74. The fourth-order valence-corrected chi connectivity index (χ4v) is 3.28. The fourth-order valence-electron chi connectivity index (χ4n) is 3.02. The quantitative estimate of drug-likeness (QED) is 0.224. The number of aromatic nitrogens is 1. The van der Waals surface area contributed by atoms with Crippen molar-refractivity contribution in [2.45, 2.75) is 13.3 Å². The Kier molecular flexibility index (Phi) is 6.10. The molecule has 4 rings (SSSR count). The Morgan fingerprint density at radius 3 is 2.47 bits per heavy atom. The summed E-state index contributed by atoms with van der Waals surface area (Å²) < 4.78 is 12.5. The number of hydrogen-bond acceptors (Lipinski definition) is 4. The molecule has 30 heavy (non-hydrogen) atoms. The molecule has 0 N–H and O–H groups in total. The largest absolute Gasteiger partial charge is 0.494 e. The van der Waals surface area contributed by atoms with E-state index in [0.717, 1.165) is 22.2 Å². The third-order valence-electron chi connectivity index (χ3n) is 4.54. The van der Waals surface area contributed by atoms with Gasteiger partial charge in [-0.1, -0.05) is 47.1 Å². The van der Waals surface area contributed by atoms with Gasteiger partial charge in [-0.25, -0.2) is 4.98 Å². The van der Waals surface area contributed by atoms with Crippen molar-refractivity contribution in [3.8, 4) is 5.75 Å². The molecule has 150 valence electrons. The second-order valence-corrected chi connectivity index (χ2v) is 7.71. The van der Waals surface area contributed by atoms with Crippen LogP contribution in [0.25, 0.3) is 22.7 Å². The molecule has 3 aromatic carbocycles. The molecular weight excluding hydrogens is 442 g/mol. The van der Waals surface area contributed by atoms with E-state index in [1.165, 1.54) is 0 Å². The molecule has 5 heteroatoms. The monoisotopic (exact) mass is 461 g/mol. The van der Waals surface area contributed by atoms with Gasteiger partial charge in [0.15, 0.2) is 11.4 Å². The van der Waals surface area contributed by atoms with Gasteiger partial charge in [0.25, 0.3) is 0 Å². The maximum absolute atomic E-state index is 13.4. The molecular formula is C25H20BrNO3. The third kappa shape index (κ3) is 4.52. The third-order valence-corrected chi connectivity index (χ3v) is 5.07. The summed E-state index contributed by atoms with van der Waals surface area (Å²) in [7, 11) is 0. The van der Waals surface area contributed by atoms with Gasteiger partial charge in [0.2, 0.25) is 5.89 Å². The lowest BCUT2D eigenvalue weighted by Gasteiger charge is -2.07. The average Bonchev–Trinajstić information content (AvgIpc) is 3.21. The number of ether oxygens (including phenoxy) is 1. The lowest BCUT2D eigenvalue weighted by atomic mass is 10.0. The van der Waals surface area contributed by atoms with Crippen LogP contribution in [0, 0.1) is 0 Å². The zero-order valence-corrected chi connectivity index (χ0v) is 18.1. The SMILES string of the molecule is CCCOc1ccc(C(=O)/C(=C/c2ccc(Br)cc2)c2nc3ccccc3o2)cc1. The highest BCUT2D eigenvalue weighted by Gasteiger charge is 2.20. The van der Waals surface area contributed by atoms with Gasteiger partial charge in [0.1, 0.15) is 11.3 Å². The van der Waals surface area contributed by atoms with E-state index in [0.29, 0.717) is 34.7 Å². The number of ketones is 1. The number of carbonyl (C=O) groups excluding carboxylic acids is 1. The number of carbonyl (C=O) groups is 1. The maximum atomic E-state index is 13.4. The normalized spacial score (nSPS) is 11.6. The molecule has 0 aliphatic heterocycles. The number of hydrogen-bond donors (Lipinski definition) is 0. The Labute approximate surface area is 183 Å². The highest BCUT2D eigenvalue weighted by molar-refractivity contribution is 9.10. The Hall–Kier alpha value is -3.18. The maximum Gasteiger partial charge on any atom is 0.231 e. The van der Waals surface area contributed by atoms with Crippen molar-refractivity contribution >= 4 is 44.5 Å². The first-order chi connectivity index (χ1) is 14.6. The Bertz CT molecular complexity index is 1160. The van der Waals surface area contributed by atoms with E-state index < -0.39 is 0 Å². The van der Waals surface area contributed by atoms with Crippen LogP contribution in [0.15, 0.2) is 81.7 Å². The molecule has 0 aliphatic carbocycles. The number of allylic oxidation sites excluding steroid dienone is 1. The Balaban J connectivity index is 1.74. The van der Waals surface area contributed by atoms with Crippen LogP contribution >= 0.6 is 15.9 Å². The number of benzene rings is 3. The number of para-hydroxylation sites is 2. The zero-order valence-electron chi connectivity index (χ0n) is 16.5. The number of fused-ring (bicyclic) bond motifs is 1. The molecule has 4 aromatic rings. The number of halogens is 1. The minimum atomic E-state index is -0.161. The first-order valence-electron chi connectivity index (χ1n) is 9.75. The Morgan fingerprint density at radius 1 is 1.03 bits per heavy atom. The van der Waals surface area contributed by atoms with Gasteiger partial charge in [-0.2, -0.15) is 0 Å². The molecule has 0 bridgehead atoms. The lowest BCUT2D eigenvalue weighted by molar-refractivity contribution is 0.105. The van der Waals surface area contributed by atoms with E-state index in [2.05, 4.69) is 27.8 Å². The number of oxazole rings is 1. The first-order valence-corrected chi connectivity index (χ1v) is 10.5. The average molecular weight is 462 g/mol. The van der Waals surface area contributed by atoms with Gasteiger partial charge in [-0.3, -0.25) is 4.79 Å². The van der Waals surface area contributed by atoms with Crippen molar-refractivity contribution in [3.63, 3.8) is 0 Å². The molecule has 4 nitrogen and oxygen atoms in total. The molecule has 1 heterocycles. The van der Waals surface area contributed by atoms with Crippen LogP contribution in [0.2, 0.25) is 0 Å². The van der Waals surface area contributed by atoms with Crippen LogP contribution in [-0.2, 0) is 0 Å². The van der Waals surface area contributed by atoms with Gasteiger partial charge >= 0.3 is 0 Å². The van der Waals surface area contributed by atoms with Crippen molar-refractivity contribution in [2.75, 3.05) is 6.61 Å². The molecule has 0 saturated heterocycles. The van der Waals surface area contributed by atoms with Crippen molar-refractivity contribution in [1.82, 2.24) is 4.98 Å². The standard InChI is InChI=1S/C25H20BrNO3/c1-2-15-29-20-13-9-18(10-14-20)24(28)21(16-17-7-11-19(26)12-8-17)25-27-22-5-3-4-6-23(22)30-25/h3-14,16H,2,15H2,1H3/b21-16-. The van der Waals surface area contributed by atoms with Crippen LogP contribution in [0.4, 0.5) is 0 Å². The number of nitrogens with zero attached hydrogens (tertiary/aromatic N) is 1. The second kappa shape index (κ2) is 9.09. The highest BCUT2D eigenvalue weighted by Crippen LogP contribution is 2.27. The molecule has 0 spiro atoms. The van der Waals surface area contributed by atoms with Crippen molar-refractivity contribution < 1.29 is 13.9 Å². The number of Topliss-reactive ketones (excluding diaryl/α,β-unsaturated/α-hetero) is 1. The second-order valence-electron chi connectivity index (χ2n) is 6.80. The summed E-state index contributed by atoms with van der Waals surface area (Å²) in [5.41, 5.74) is 3.18. The van der Waals surface area contributed by atoms with Crippen molar-refractivity contribution in [2.24, 2.45) is 0 Å². The van der Waals surface area contributed by atoms with Crippen LogP contribution in [-0.4, -0.2) is 17.4 Å². The van der Waals surface area contributed by atoms with Crippen LogP contribution < -0.4 is 4.74 Å². The summed E-state index contributed by atoms with van der Waals surface area (Å²) in [6, 6.07) is 22.4. The van der Waals surface area contributed by atoms with E-state index in [1.807, 2.05) is 60.7 Å². The molecule has 0 amide bonds. The first kappa shape index (κ1) is 20.1. The highest BCUT2D eigenvalue weighted by atomic mass is 79.9. The van der Waals surface area contributed by atoms with Gasteiger partial charge in [0.05, 0.1) is 12.2 Å². The molecule has 0 atom stereocenters. The number of rotatable bonds is 7. The van der Waals surface area contributed by atoms with Gasteiger partial charge in [-0.05, 0) is 66.6 Å². The minimum absolute atomic E-state index is 0.161. The Morgan fingerprint density at radius 2 is 1.77 bits per heavy atom. The topological polar surface area (TPSA) is 52.3 Å². The summed E-state index contributed by atoms with van der Waals surface area (Å²) in [5.74, 6) is 0.885. The van der Waals surface area contributed by atoms with Gasteiger partial charge in [0, 0.05) is 10.0 Å². The van der Waals surface area contributed by atoms with E-state index in [9.17, 15) is 4.79 Å². The summed E-state index contributed by atoms with van der Waals surface area (Å²) in [5, 5.41) is 0.